The van der Waals surface area contributed by atoms with Gasteiger partial charge in [0.25, 0.3) is 5.91 Å². The van der Waals surface area contributed by atoms with Crippen LogP contribution < -0.4 is 4.74 Å². The molecular formula is C23H28N2O5S. The third-order valence-electron chi connectivity index (χ3n) is 5.43. The predicted octanol–water partition coefficient (Wildman–Crippen LogP) is 2.41. The van der Waals surface area contributed by atoms with Gasteiger partial charge in [0.1, 0.15) is 5.75 Å². The van der Waals surface area contributed by atoms with Crippen molar-refractivity contribution in [3.05, 3.63) is 59.7 Å². The van der Waals surface area contributed by atoms with Gasteiger partial charge < -0.3 is 14.5 Å². The lowest BCUT2D eigenvalue weighted by molar-refractivity contribution is -0.131. The first kappa shape index (κ1) is 22.8. The molecule has 0 spiro atoms. The molecule has 0 aromatic heterocycles. The molecule has 0 aliphatic carbocycles. The molecule has 0 N–H and O–H groups in total. The average molecular weight is 445 g/mol. The van der Waals surface area contributed by atoms with Gasteiger partial charge >= 0.3 is 0 Å². The first-order valence-electron chi connectivity index (χ1n) is 10.3. The van der Waals surface area contributed by atoms with Crippen molar-refractivity contribution >= 4 is 21.7 Å². The third kappa shape index (κ3) is 6.07. The van der Waals surface area contributed by atoms with Crippen molar-refractivity contribution in [3.8, 4) is 5.75 Å². The van der Waals surface area contributed by atoms with Crippen LogP contribution in [0.25, 0.3) is 0 Å². The van der Waals surface area contributed by atoms with Gasteiger partial charge in [0.05, 0.1) is 12.0 Å². The van der Waals surface area contributed by atoms with Gasteiger partial charge in [-0.05, 0) is 48.7 Å². The van der Waals surface area contributed by atoms with Crippen LogP contribution in [0.5, 0.6) is 5.75 Å². The minimum Gasteiger partial charge on any atom is -0.497 e. The Morgan fingerprint density at radius 2 is 1.65 bits per heavy atom. The fraction of sp³-hybridized carbons (Fsp3) is 0.391. The summed E-state index contributed by atoms with van der Waals surface area (Å²) in [7, 11) is -1.76. The van der Waals surface area contributed by atoms with E-state index in [0.29, 0.717) is 51.0 Å². The summed E-state index contributed by atoms with van der Waals surface area (Å²) in [6, 6.07) is 13.8. The molecule has 0 saturated carbocycles. The maximum absolute atomic E-state index is 12.9. The molecule has 7 nitrogen and oxygen atoms in total. The van der Waals surface area contributed by atoms with E-state index in [9.17, 15) is 18.0 Å². The summed E-state index contributed by atoms with van der Waals surface area (Å²) < 4.78 is 28.7. The molecular weight excluding hydrogens is 416 g/mol. The summed E-state index contributed by atoms with van der Waals surface area (Å²) in [5, 5.41) is 0. The maximum atomic E-state index is 12.9. The number of amides is 2. The lowest BCUT2D eigenvalue weighted by atomic mass is 10.1. The molecule has 0 atom stereocenters. The van der Waals surface area contributed by atoms with Crippen LogP contribution in [-0.2, 0) is 21.1 Å². The Morgan fingerprint density at radius 3 is 2.32 bits per heavy atom. The van der Waals surface area contributed by atoms with Crippen LogP contribution in [0.2, 0.25) is 0 Å². The molecule has 0 bridgehead atoms. The van der Waals surface area contributed by atoms with Gasteiger partial charge in [-0.1, -0.05) is 18.2 Å². The minimum absolute atomic E-state index is 0.0733. The van der Waals surface area contributed by atoms with Crippen LogP contribution in [0.4, 0.5) is 0 Å². The van der Waals surface area contributed by atoms with Gasteiger partial charge in [-0.25, -0.2) is 8.42 Å². The molecule has 1 aliphatic heterocycles. The van der Waals surface area contributed by atoms with E-state index in [0.717, 1.165) is 17.6 Å². The Kier molecular flexibility index (Phi) is 7.33. The van der Waals surface area contributed by atoms with Gasteiger partial charge in [0, 0.05) is 44.4 Å². The van der Waals surface area contributed by atoms with Crippen molar-refractivity contribution in [2.45, 2.75) is 24.2 Å². The normalized spacial score (nSPS) is 14.8. The third-order valence-corrected chi connectivity index (χ3v) is 6.54. The molecule has 1 heterocycles. The summed E-state index contributed by atoms with van der Waals surface area (Å²) in [6.07, 6.45) is 2.88. The van der Waals surface area contributed by atoms with Gasteiger partial charge in [-0.3, -0.25) is 9.59 Å². The maximum Gasteiger partial charge on any atom is 0.253 e. The van der Waals surface area contributed by atoms with E-state index >= 15 is 0 Å². The van der Waals surface area contributed by atoms with Gasteiger partial charge in [0.2, 0.25) is 5.91 Å². The number of ether oxygens (including phenoxy) is 1. The summed E-state index contributed by atoms with van der Waals surface area (Å²) in [5.41, 5.74) is 1.42. The molecule has 2 aromatic rings. The van der Waals surface area contributed by atoms with Crippen LogP contribution in [0.15, 0.2) is 53.4 Å². The molecule has 0 unspecified atom stereocenters. The highest BCUT2D eigenvalue weighted by atomic mass is 32.2. The quantitative estimate of drug-likeness (QED) is 0.683. The van der Waals surface area contributed by atoms with Crippen LogP contribution in [-0.4, -0.2) is 69.6 Å². The Hall–Kier alpha value is -2.87. The fourth-order valence-electron chi connectivity index (χ4n) is 3.61. The largest absolute Gasteiger partial charge is 0.497 e. The number of benzene rings is 2. The number of nitrogens with zero attached hydrogens (tertiary/aromatic N) is 2. The van der Waals surface area contributed by atoms with E-state index in [1.54, 1.807) is 24.1 Å². The SMILES string of the molecule is COc1ccc(CCC(=O)N2CCCN(C(=O)c3cccc(S(C)(=O)=O)c3)CC2)cc1. The number of rotatable bonds is 6. The Bertz CT molecular complexity index is 1030. The van der Waals surface area contributed by atoms with Gasteiger partial charge in [0.15, 0.2) is 9.84 Å². The number of hydrogen-bond acceptors (Lipinski definition) is 5. The molecule has 2 aromatic carbocycles. The number of aryl methyl sites for hydroxylation is 1. The van der Waals surface area contributed by atoms with Crippen molar-refractivity contribution in [2.75, 3.05) is 39.5 Å². The summed E-state index contributed by atoms with van der Waals surface area (Å²) in [5.74, 6) is 0.650. The molecule has 8 heteroatoms. The lowest BCUT2D eigenvalue weighted by Gasteiger charge is -2.22. The number of carbonyl (C=O) groups excluding carboxylic acids is 2. The first-order chi connectivity index (χ1) is 14.8. The van der Waals surface area contributed by atoms with E-state index in [2.05, 4.69) is 0 Å². The Labute approximate surface area is 183 Å². The summed E-state index contributed by atoms with van der Waals surface area (Å²) >= 11 is 0. The van der Waals surface area contributed by atoms with Crippen LogP contribution in [0.3, 0.4) is 0 Å². The highest BCUT2D eigenvalue weighted by Crippen LogP contribution is 2.16. The molecule has 1 saturated heterocycles. The molecule has 0 radical (unpaired) electrons. The summed E-state index contributed by atoms with van der Waals surface area (Å²) in [4.78, 5) is 29.2. The first-order valence-corrected chi connectivity index (χ1v) is 12.2. The van der Waals surface area contributed by atoms with Crippen LogP contribution in [0.1, 0.15) is 28.8 Å². The highest BCUT2D eigenvalue weighted by Gasteiger charge is 2.23. The van der Waals surface area contributed by atoms with Crippen LogP contribution in [0, 0.1) is 0 Å². The monoisotopic (exact) mass is 444 g/mol. The number of hydrogen-bond donors (Lipinski definition) is 0. The average Bonchev–Trinajstić information content (AvgIpc) is 3.03. The predicted molar refractivity (Wildman–Crippen MR) is 118 cm³/mol. The molecule has 166 valence electrons. The van der Waals surface area contributed by atoms with Gasteiger partial charge in [-0.2, -0.15) is 0 Å². The number of carbonyl (C=O) groups is 2. The van der Waals surface area contributed by atoms with Crippen LogP contribution >= 0.6 is 0 Å². The van der Waals surface area contributed by atoms with E-state index in [1.807, 2.05) is 29.2 Å². The van der Waals surface area contributed by atoms with E-state index in [1.165, 1.54) is 12.1 Å². The van der Waals surface area contributed by atoms with Crippen molar-refractivity contribution in [3.63, 3.8) is 0 Å². The number of sulfone groups is 1. The van der Waals surface area contributed by atoms with Crippen molar-refractivity contribution in [1.29, 1.82) is 0 Å². The second-order valence-electron chi connectivity index (χ2n) is 7.67. The second kappa shape index (κ2) is 9.96. The minimum atomic E-state index is -3.38. The molecule has 31 heavy (non-hydrogen) atoms. The molecule has 2 amide bonds. The zero-order valence-corrected chi connectivity index (χ0v) is 18.7. The molecule has 1 fully saturated rings. The Morgan fingerprint density at radius 1 is 0.968 bits per heavy atom. The Balaban J connectivity index is 1.57. The standard InChI is InChI=1S/C23H28N2O5S/c1-30-20-10-7-18(8-11-20)9-12-22(26)24-13-4-14-25(16-15-24)23(27)19-5-3-6-21(17-19)31(2,28)29/h3,5-8,10-11,17H,4,9,12-16H2,1-2H3. The zero-order chi connectivity index (χ0) is 22.4. The smallest absolute Gasteiger partial charge is 0.253 e. The molecule has 3 rings (SSSR count). The zero-order valence-electron chi connectivity index (χ0n) is 17.9. The lowest BCUT2D eigenvalue weighted by Crippen LogP contribution is -2.37. The van der Waals surface area contributed by atoms with Gasteiger partial charge in [-0.15, -0.1) is 0 Å². The van der Waals surface area contributed by atoms with Crippen molar-refractivity contribution in [2.24, 2.45) is 0 Å². The molecule has 1 aliphatic rings. The van der Waals surface area contributed by atoms with Crippen molar-refractivity contribution < 1.29 is 22.7 Å². The summed E-state index contributed by atoms with van der Waals surface area (Å²) in [6.45, 7) is 2.04. The highest BCUT2D eigenvalue weighted by molar-refractivity contribution is 7.90. The number of methoxy groups -OCH3 is 1. The van der Waals surface area contributed by atoms with E-state index in [4.69, 9.17) is 4.74 Å². The van der Waals surface area contributed by atoms with E-state index in [-0.39, 0.29) is 16.7 Å². The second-order valence-corrected chi connectivity index (χ2v) is 9.69. The van der Waals surface area contributed by atoms with Crippen molar-refractivity contribution in [1.82, 2.24) is 9.80 Å². The topological polar surface area (TPSA) is 84.0 Å². The fourth-order valence-corrected chi connectivity index (χ4v) is 4.28. The van der Waals surface area contributed by atoms with E-state index < -0.39 is 9.84 Å².